The molecule has 0 aliphatic carbocycles. The number of carbonyl (C=O) groups is 2. The van der Waals surface area contributed by atoms with E-state index in [0.717, 1.165) is 5.56 Å². The topological polar surface area (TPSA) is 104 Å². The molecular formula is C24H24ClN3O4S. The lowest BCUT2D eigenvalue weighted by Gasteiger charge is -2.13. The summed E-state index contributed by atoms with van der Waals surface area (Å²) in [5, 5.41) is 5.64. The standard InChI is InChI=1S/C24H24ClN3O4S/c1-16-6-5-7-19(14-16)28-33(31,32)22-15-18(11-10-17(22)2)27-23(29)12-13-26-24(30)20-8-3-4-9-21(20)25/h3-11,14-15,28H,12-13H2,1-2H3,(H,26,30)(H,27,29). The average molecular weight is 486 g/mol. The highest BCUT2D eigenvalue weighted by Gasteiger charge is 2.18. The van der Waals surface area contributed by atoms with Crippen molar-refractivity contribution in [3.8, 4) is 0 Å². The van der Waals surface area contributed by atoms with Gasteiger partial charge in [0.1, 0.15) is 0 Å². The number of anilines is 2. The molecule has 0 aliphatic heterocycles. The van der Waals surface area contributed by atoms with E-state index in [-0.39, 0.29) is 29.7 Å². The maximum atomic E-state index is 12.9. The van der Waals surface area contributed by atoms with Gasteiger partial charge in [-0.05, 0) is 61.4 Å². The van der Waals surface area contributed by atoms with Crippen LogP contribution >= 0.6 is 11.6 Å². The summed E-state index contributed by atoms with van der Waals surface area (Å²) < 4.78 is 28.4. The number of halogens is 1. The summed E-state index contributed by atoms with van der Waals surface area (Å²) in [6.45, 7) is 3.65. The quantitative estimate of drug-likeness (QED) is 0.436. The minimum absolute atomic E-state index is 0.00763. The van der Waals surface area contributed by atoms with E-state index in [1.165, 1.54) is 6.07 Å². The van der Waals surface area contributed by atoms with Crippen LogP contribution in [-0.4, -0.2) is 26.8 Å². The third kappa shape index (κ3) is 6.57. The van der Waals surface area contributed by atoms with Crippen molar-refractivity contribution in [1.82, 2.24) is 5.32 Å². The van der Waals surface area contributed by atoms with Crippen LogP contribution in [0.15, 0.2) is 71.6 Å². The van der Waals surface area contributed by atoms with Crippen molar-refractivity contribution in [3.05, 3.63) is 88.4 Å². The summed E-state index contributed by atoms with van der Waals surface area (Å²) in [6, 6.07) is 18.3. The molecule has 0 radical (unpaired) electrons. The molecule has 7 nitrogen and oxygen atoms in total. The zero-order valence-electron chi connectivity index (χ0n) is 18.2. The minimum Gasteiger partial charge on any atom is -0.351 e. The van der Waals surface area contributed by atoms with E-state index in [9.17, 15) is 18.0 Å². The smallest absolute Gasteiger partial charge is 0.262 e. The second-order valence-electron chi connectivity index (χ2n) is 7.49. The fourth-order valence-corrected chi connectivity index (χ4v) is 4.68. The summed E-state index contributed by atoms with van der Waals surface area (Å²) in [7, 11) is -3.85. The van der Waals surface area contributed by atoms with Crippen LogP contribution in [-0.2, 0) is 14.8 Å². The predicted octanol–water partition coefficient (Wildman–Crippen LogP) is 4.52. The van der Waals surface area contributed by atoms with Gasteiger partial charge < -0.3 is 10.6 Å². The number of nitrogens with one attached hydrogen (secondary N) is 3. The SMILES string of the molecule is Cc1cccc(NS(=O)(=O)c2cc(NC(=O)CCNC(=O)c3ccccc3Cl)ccc2C)c1. The average Bonchev–Trinajstić information content (AvgIpc) is 2.75. The molecule has 0 unspecified atom stereocenters. The number of amides is 2. The van der Waals surface area contributed by atoms with Crippen LogP contribution in [0.2, 0.25) is 5.02 Å². The Morgan fingerprint density at radius 3 is 2.39 bits per heavy atom. The molecule has 2 amide bonds. The number of carbonyl (C=O) groups excluding carboxylic acids is 2. The van der Waals surface area contributed by atoms with Crippen LogP contribution in [0, 0.1) is 13.8 Å². The van der Waals surface area contributed by atoms with Gasteiger partial charge in [0.15, 0.2) is 0 Å². The van der Waals surface area contributed by atoms with Gasteiger partial charge in [0, 0.05) is 24.3 Å². The molecule has 9 heteroatoms. The second kappa shape index (κ2) is 10.5. The monoisotopic (exact) mass is 485 g/mol. The van der Waals surface area contributed by atoms with Gasteiger partial charge in [-0.15, -0.1) is 0 Å². The van der Waals surface area contributed by atoms with Gasteiger partial charge in [-0.1, -0.05) is 41.9 Å². The minimum atomic E-state index is -3.85. The van der Waals surface area contributed by atoms with Crippen molar-refractivity contribution >= 4 is 44.8 Å². The Balaban J connectivity index is 1.62. The van der Waals surface area contributed by atoms with Crippen molar-refractivity contribution in [2.45, 2.75) is 25.2 Å². The highest BCUT2D eigenvalue weighted by atomic mass is 35.5. The Morgan fingerprint density at radius 1 is 0.909 bits per heavy atom. The van der Waals surface area contributed by atoms with Gasteiger partial charge in [0.25, 0.3) is 15.9 Å². The number of benzene rings is 3. The van der Waals surface area contributed by atoms with E-state index in [1.807, 2.05) is 13.0 Å². The fourth-order valence-electron chi connectivity index (χ4n) is 3.14. The van der Waals surface area contributed by atoms with E-state index >= 15 is 0 Å². The maximum Gasteiger partial charge on any atom is 0.262 e. The molecule has 3 aromatic carbocycles. The van der Waals surface area contributed by atoms with Crippen molar-refractivity contribution in [2.24, 2.45) is 0 Å². The van der Waals surface area contributed by atoms with Gasteiger partial charge in [-0.25, -0.2) is 8.42 Å². The Bertz CT molecular complexity index is 1290. The lowest BCUT2D eigenvalue weighted by atomic mass is 10.2. The fraction of sp³-hybridized carbons (Fsp3) is 0.167. The van der Waals surface area contributed by atoms with Crippen LogP contribution < -0.4 is 15.4 Å². The normalized spacial score (nSPS) is 11.0. The molecule has 0 bridgehead atoms. The van der Waals surface area contributed by atoms with Crippen LogP contribution in [0.3, 0.4) is 0 Å². The molecule has 0 fully saturated rings. The summed E-state index contributed by atoms with van der Waals surface area (Å²) in [5.74, 6) is -0.743. The molecule has 0 atom stereocenters. The molecule has 3 rings (SSSR count). The van der Waals surface area contributed by atoms with E-state index in [2.05, 4.69) is 15.4 Å². The van der Waals surface area contributed by atoms with E-state index in [1.54, 1.807) is 61.5 Å². The van der Waals surface area contributed by atoms with E-state index < -0.39 is 10.0 Å². The largest absolute Gasteiger partial charge is 0.351 e. The van der Waals surface area contributed by atoms with Crippen molar-refractivity contribution in [1.29, 1.82) is 0 Å². The van der Waals surface area contributed by atoms with Crippen molar-refractivity contribution in [3.63, 3.8) is 0 Å². The maximum absolute atomic E-state index is 12.9. The van der Waals surface area contributed by atoms with Crippen LogP contribution in [0.25, 0.3) is 0 Å². The zero-order valence-corrected chi connectivity index (χ0v) is 19.8. The summed E-state index contributed by atoms with van der Waals surface area (Å²) in [6.07, 6.45) is 0.00763. The molecule has 172 valence electrons. The lowest BCUT2D eigenvalue weighted by molar-refractivity contribution is -0.116. The van der Waals surface area contributed by atoms with Crippen molar-refractivity contribution in [2.75, 3.05) is 16.6 Å². The van der Waals surface area contributed by atoms with Gasteiger partial charge in [0.05, 0.1) is 15.5 Å². The molecule has 33 heavy (non-hydrogen) atoms. The molecule has 3 aromatic rings. The third-order valence-electron chi connectivity index (χ3n) is 4.79. The van der Waals surface area contributed by atoms with E-state index in [4.69, 9.17) is 11.6 Å². The number of sulfonamides is 1. The number of rotatable bonds is 8. The predicted molar refractivity (Wildman–Crippen MR) is 130 cm³/mol. The van der Waals surface area contributed by atoms with Crippen LogP contribution in [0.1, 0.15) is 27.9 Å². The summed E-state index contributed by atoms with van der Waals surface area (Å²) in [5.41, 5.74) is 2.59. The molecule has 0 saturated heterocycles. The molecule has 0 spiro atoms. The Labute approximate surface area is 198 Å². The Hall–Kier alpha value is -3.36. The molecular weight excluding hydrogens is 462 g/mol. The molecule has 0 heterocycles. The molecule has 0 aromatic heterocycles. The van der Waals surface area contributed by atoms with Crippen molar-refractivity contribution < 1.29 is 18.0 Å². The van der Waals surface area contributed by atoms with Gasteiger partial charge in [0.2, 0.25) is 5.91 Å². The Kier molecular flexibility index (Phi) is 7.73. The lowest BCUT2D eigenvalue weighted by Crippen LogP contribution is -2.27. The number of hydrogen-bond donors (Lipinski definition) is 3. The van der Waals surface area contributed by atoms with Crippen LogP contribution in [0.4, 0.5) is 11.4 Å². The van der Waals surface area contributed by atoms with Gasteiger partial charge >= 0.3 is 0 Å². The number of aryl methyl sites for hydroxylation is 2. The van der Waals surface area contributed by atoms with Gasteiger partial charge in [-0.2, -0.15) is 0 Å². The molecule has 3 N–H and O–H groups in total. The first-order valence-electron chi connectivity index (χ1n) is 10.2. The first-order chi connectivity index (χ1) is 15.7. The number of hydrogen-bond acceptors (Lipinski definition) is 4. The highest BCUT2D eigenvalue weighted by molar-refractivity contribution is 7.92. The zero-order chi connectivity index (χ0) is 24.0. The van der Waals surface area contributed by atoms with Gasteiger partial charge in [-0.3, -0.25) is 14.3 Å². The van der Waals surface area contributed by atoms with E-state index in [0.29, 0.717) is 27.5 Å². The van der Waals surface area contributed by atoms with Crippen LogP contribution in [0.5, 0.6) is 0 Å². The Morgan fingerprint density at radius 2 is 1.67 bits per heavy atom. The molecule has 0 aliphatic rings. The highest BCUT2D eigenvalue weighted by Crippen LogP contribution is 2.23. The summed E-state index contributed by atoms with van der Waals surface area (Å²) >= 11 is 6.00. The molecule has 0 saturated carbocycles. The second-order valence-corrected chi connectivity index (χ2v) is 9.55. The first-order valence-corrected chi connectivity index (χ1v) is 12.0. The summed E-state index contributed by atoms with van der Waals surface area (Å²) in [4.78, 5) is 24.5. The third-order valence-corrected chi connectivity index (χ3v) is 6.64. The first kappa shape index (κ1) is 24.3.